The summed E-state index contributed by atoms with van der Waals surface area (Å²) in [7, 11) is 1.77. The van der Waals surface area contributed by atoms with E-state index in [0.29, 0.717) is 12.6 Å². The van der Waals surface area contributed by atoms with E-state index in [1.807, 2.05) is 31.2 Å². The van der Waals surface area contributed by atoms with Crippen LogP contribution in [-0.4, -0.2) is 37.6 Å². The van der Waals surface area contributed by atoms with E-state index in [0.717, 1.165) is 18.7 Å². The highest BCUT2D eigenvalue weighted by Gasteiger charge is 2.08. The number of nitrogens with one attached hydrogen (secondary N) is 1. The van der Waals surface area contributed by atoms with E-state index in [-0.39, 0.29) is 12.5 Å². The molecule has 0 aliphatic carbocycles. The van der Waals surface area contributed by atoms with Gasteiger partial charge in [-0.3, -0.25) is 4.79 Å². The van der Waals surface area contributed by atoms with Gasteiger partial charge in [0.05, 0.1) is 0 Å². The minimum atomic E-state index is -0.00504. The molecule has 0 aliphatic rings. The molecule has 0 saturated heterocycles. The molecule has 1 aromatic rings. The van der Waals surface area contributed by atoms with Crippen molar-refractivity contribution >= 4 is 5.91 Å². The summed E-state index contributed by atoms with van der Waals surface area (Å²) >= 11 is 0. The third-order valence-corrected chi connectivity index (χ3v) is 3.34. The van der Waals surface area contributed by atoms with Gasteiger partial charge in [-0.1, -0.05) is 19.1 Å². The maximum Gasteiger partial charge on any atom is 0.260 e. The number of nitrogens with zero attached hydrogens (tertiary/aromatic N) is 1. The second-order valence-corrected chi connectivity index (χ2v) is 4.94. The highest BCUT2D eigenvalue weighted by molar-refractivity contribution is 5.77. The molecule has 112 valence electrons. The fraction of sp³-hybridized carbons (Fsp3) is 0.562. The van der Waals surface area contributed by atoms with Gasteiger partial charge in [0.1, 0.15) is 5.75 Å². The van der Waals surface area contributed by atoms with E-state index >= 15 is 0 Å². The second-order valence-electron chi connectivity index (χ2n) is 4.94. The lowest BCUT2D eigenvalue weighted by Crippen LogP contribution is -2.31. The van der Waals surface area contributed by atoms with Crippen LogP contribution in [0.2, 0.25) is 0 Å². The summed E-state index contributed by atoms with van der Waals surface area (Å²) in [6.45, 7) is 8.04. The van der Waals surface area contributed by atoms with Gasteiger partial charge < -0.3 is 15.0 Å². The second kappa shape index (κ2) is 8.59. The van der Waals surface area contributed by atoms with Gasteiger partial charge in [-0.2, -0.15) is 0 Å². The molecule has 4 heteroatoms. The van der Waals surface area contributed by atoms with Crippen LogP contribution in [0, 0.1) is 0 Å². The number of likely N-dealkylation sites (N-methyl/N-ethyl adjacent to an activating group) is 1. The lowest BCUT2D eigenvalue weighted by atomic mass is 10.1. The van der Waals surface area contributed by atoms with Gasteiger partial charge >= 0.3 is 0 Å². The van der Waals surface area contributed by atoms with Crippen molar-refractivity contribution in [3.63, 3.8) is 0 Å². The summed E-state index contributed by atoms with van der Waals surface area (Å²) in [6, 6.07) is 8.24. The summed E-state index contributed by atoms with van der Waals surface area (Å²) in [4.78, 5) is 13.3. The molecule has 0 aromatic heterocycles. The highest BCUT2D eigenvalue weighted by atomic mass is 16.5. The third kappa shape index (κ3) is 5.21. The first-order valence-corrected chi connectivity index (χ1v) is 7.28. The van der Waals surface area contributed by atoms with Crippen LogP contribution in [0.4, 0.5) is 0 Å². The standard InChI is InChI=1S/C16H26N2O2/c1-5-11-17-13(3)14-7-9-15(10-8-14)20-12-16(19)18(4)6-2/h7-10,13,17H,5-6,11-12H2,1-4H3. The van der Waals surface area contributed by atoms with Crippen molar-refractivity contribution < 1.29 is 9.53 Å². The van der Waals surface area contributed by atoms with Crippen LogP contribution in [0.3, 0.4) is 0 Å². The first-order chi connectivity index (χ1) is 9.58. The Morgan fingerprint density at radius 2 is 1.95 bits per heavy atom. The van der Waals surface area contributed by atoms with Crippen LogP contribution < -0.4 is 10.1 Å². The molecule has 1 N–H and O–H groups in total. The SMILES string of the molecule is CCCNC(C)c1ccc(OCC(=O)N(C)CC)cc1. The average molecular weight is 278 g/mol. The van der Waals surface area contributed by atoms with Crippen LogP contribution >= 0.6 is 0 Å². The number of rotatable bonds is 8. The van der Waals surface area contributed by atoms with Gasteiger partial charge in [-0.15, -0.1) is 0 Å². The molecule has 0 aliphatic heterocycles. The zero-order chi connectivity index (χ0) is 15.0. The molecule has 1 aromatic carbocycles. The predicted octanol–water partition coefficient (Wildman–Crippen LogP) is 2.60. The molecule has 1 rings (SSSR count). The molecule has 0 saturated carbocycles. The first-order valence-electron chi connectivity index (χ1n) is 7.28. The Labute approximate surface area is 122 Å². The maximum absolute atomic E-state index is 11.6. The summed E-state index contributed by atoms with van der Waals surface area (Å²) in [5, 5.41) is 3.44. The number of carbonyl (C=O) groups is 1. The van der Waals surface area contributed by atoms with E-state index in [1.165, 1.54) is 5.56 Å². The van der Waals surface area contributed by atoms with E-state index in [4.69, 9.17) is 4.74 Å². The number of hydrogen-bond donors (Lipinski definition) is 1. The van der Waals surface area contributed by atoms with E-state index < -0.39 is 0 Å². The topological polar surface area (TPSA) is 41.6 Å². The monoisotopic (exact) mass is 278 g/mol. The molecule has 4 nitrogen and oxygen atoms in total. The summed E-state index contributed by atoms with van der Waals surface area (Å²) < 4.78 is 5.50. The van der Waals surface area contributed by atoms with Gasteiger partial charge in [0.15, 0.2) is 6.61 Å². The number of amides is 1. The smallest absolute Gasteiger partial charge is 0.260 e. The van der Waals surface area contributed by atoms with Crippen LogP contribution in [0.1, 0.15) is 38.8 Å². The lowest BCUT2D eigenvalue weighted by molar-refractivity contribution is -0.131. The Bertz CT molecular complexity index is 403. The highest BCUT2D eigenvalue weighted by Crippen LogP contribution is 2.17. The van der Waals surface area contributed by atoms with Crippen LogP contribution in [0.15, 0.2) is 24.3 Å². The van der Waals surface area contributed by atoms with Crippen molar-refractivity contribution in [3.8, 4) is 5.75 Å². The molecule has 1 amide bonds. The average Bonchev–Trinajstić information content (AvgIpc) is 2.49. The minimum absolute atomic E-state index is 0.00504. The van der Waals surface area contributed by atoms with E-state index in [1.54, 1.807) is 11.9 Å². The number of carbonyl (C=O) groups excluding carboxylic acids is 1. The normalized spacial score (nSPS) is 12.0. The Hall–Kier alpha value is -1.55. The summed E-state index contributed by atoms with van der Waals surface area (Å²) in [5.74, 6) is 0.726. The van der Waals surface area contributed by atoms with Crippen LogP contribution in [-0.2, 0) is 4.79 Å². The molecule has 0 heterocycles. The fourth-order valence-corrected chi connectivity index (χ4v) is 1.76. The summed E-state index contributed by atoms with van der Waals surface area (Å²) in [6.07, 6.45) is 1.12. The lowest BCUT2D eigenvalue weighted by Gasteiger charge is -2.16. The van der Waals surface area contributed by atoms with Gasteiger partial charge in [-0.25, -0.2) is 0 Å². The molecule has 0 spiro atoms. The van der Waals surface area contributed by atoms with Gasteiger partial charge in [0, 0.05) is 19.6 Å². The molecule has 1 unspecified atom stereocenters. The summed E-state index contributed by atoms with van der Waals surface area (Å²) in [5.41, 5.74) is 1.22. The Balaban J connectivity index is 2.48. The molecule has 0 radical (unpaired) electrons. The van der Waals surface area contributed by atoms with Crippen LogP contribution in [0.5, 0.6) is 5.75 Å². The van der Waals surface area contributed by atoms with Crippen molar-refractivity contribution in [2.45, 2.75) is 33.2 Å². The number of hydrogen-bond acceptors (Lipinski definition) is 3. The van der Waals surface area contributed by atoms with Crippen LogP contribution in [0.25, 0.3) is 0 Å². The molecule has 0 bridgehead atoms. The van der Waals surface area contributed by atoms with Crippen molar-refractivity contribution in [1.82, 2.24) is 10.2 Å². The van der Waals surface area contributed by atoms with Gasteiger partial charge in [0.25, 0.3) is 5.91 Å². The zero-order valence-electron chi connectivity index (χ0n) is 13.0. The molecule has 20 heavy (non-hydrogen) atoms. The molecule has 0 fully saturated rings. The van der Waals surface area contributed by atoms with Crippen molar-refractivity contribution in [2.24, 2.45) is 0 Å². The Morgan fingerprint density at radius 1 is 1.30 bits per heavy atom. The predicted molar refractivity (Wildman–Crippen MR) is 82.0 cm³/mol. The zero-order valence-corrected chi connectivity index (χ0v) is 13.0. The van der Waals surface area contributed by atoms with Crippen molar-refractivity contribution in [3.05, 3.63) is 29.8 Å². The van der Waals surface area contributed by atoms with Crippen molar-refractivity contribution in [1.29, 1.82) is 0 Å². The van der Waals surface area contributed by atoms with Crippen molar-refractivity contribution in [2.75, 3.05) is 26.7 Å². The first kappa shape index (κ1) is 16.5. The number of benzene rings is 1. The Morgan fingerprint density at radius 3 is 2.50 bits per heavy atom. The quantitative estimate of drug-likeness (QED) is 0.794. The molecule has 1 atom stereocenters. The Kier molecular flexibility index (Phi) is 7.09. The minimum Gasteiger partial charge on any atom is -0.484 e. The number of ether oxygens (including phenoxy) is 1. The van der Waals surface area contributed by atoms with E-state index in [2.05, 4.69) is 19.2 Å². The van der Waals surface area contributed by atoms with Gasteiger partial charge in [-0.05, 0) is 44.5 Å². The largest absolute Gasteiger partial charge is 0.484 e. The maximum atomic E-state index is 11.6. The third-order valence-electron chi connectivity index (χ3n) is 3.34. The molecular weight excluding hydrogens is 252 g/mol. The fourth-order valence-electron chi connectivity index (χ4n) is 1.76. The van der Waals surface area contributed by atoms with Gasteiger partial charge in [0.2, 0.25) is 0 Å². The molecular formula is C16H26N2O2. The van der Waals surface area contributed by atoms with E-state index in [9.17, 15) is 4.79 Å².